The van der Waals surface area contributed by atoms with Crippen molar-refractivity contribution in [1.82, 2.24) is 15.5 Å². The first-order valence-electron chi connectivity index (χ1n) is 10.2. The maximum absolute atomic E-state index is 11.5. The van der Waals surface area contributed by atoms with Crippen LogP contribution in [0.1, 0.15) is 35.5 Å². The third-order valence-electron chi connectivity index (χ3n) is 4.11. The number of carbonyl (C=O) groups excluding carboxylic acids is 1. The van der Waals surface area contributed by atoms with Crippen LogP contribution in [0.4, 0.5) is 0 Å². The lowest BCUT2D eigenvalue weighted by Crippen LogP contribution is -2.44. The Kier molecular flexibility index (Phi) is 18.5. The van der Waals surface area contributed by atoms with E-state index < -0.39 is 0 Å². The Morgan fingerprint density at radius 3 is 2.15 bits per heavy atom. The Balaban J connectivity index is 0. The van der Waals surface area contributed by atoms with Crippen molar-refractivity contribution in [3.63, 3.8) is 0 Å². The second-order valence-corrected chi connectivity index (χ2v) is 6.03. The summed E-state index contributed by atoms with van der Waals surface area (Å²) in [5.74, 6) is 0.162. The molecule has 7 heteroatoms. The maximum atomic E-state index is 11.5. The van der Waals surface area contributed by atoms with Crippen LogP contribution in [0.5, 0.6) is 0 Å². The van der Waals surface area contributed by atoms with E-state index in [9.17, 15) is 4.79 Å². The first kappa shape index (κ1) is 25.3. The summed E-state index contributed by atoms with van der Waals surface area (Å²) in [5.41, 5.74) is 0. The van der Waals surface area contributed by atoms with E-state index in [-0.39, 0.29) is 13.3 Å². The quantitative estimate of drug-likeness (QED) is 0.446. The highest BCUT2D eigenvalue weighted by Gasteiger charge is 2.09. The lowest BCUT2D eigenvalue weighted by atomic mass is 10.1. The van der Waals surface area contributed by atoms with Crippen molar-refractivity contribution < 1.29 is 20.4 Å². The molecule has 0 aromatic carbocycles. The molecule has 26 heavy (non-hydrogen) atoms. The van der Waals surface area contributed by atoms with Gasteiger partial charge in [0.1, 0.15) is 0 Å². The molecule has 0 aliphatic carbocycles. The molecule has 1 unspecified atom stereocenters. The molecule has 0 saturated carbocycles. The van der Waals surface area contributed by atoms with Crippen molar-refractivity contribution in [3.8, 4) is 0 Å². The molecule has 7 nitrogen and oxygen atoms in total. The topological polar surface area (TPSA) is 72.1 Å². The molecule has 0 spiro atoms. The molecule has 0 bridgehead atoms. The summed E-state index contributed by atoms with van der Waals surface area (Å²) in [6, 6.07) is 0. The molecule has 1 heterocycles. The predicted octanol–water partition coefficient (Wildman–Crippen LogP) is 1.38. The molecule has 1 aliphatic rings. The molecule has 1 rings (SSSR count). The molecular formula is C19H43N3O4. The van der Waals surface area contributed by atoms with Gasteiger partial charge in [0, 0.05) is 46.6 Å². The molecule has 0 aromatic heterocycles. The zero-order valence-electron chi connectivity index (χ0n) is 17.3. The van der Waals surface area contributed by atoms with Crippen molar-refractivity contribution in [2.75, 3.05) is 78.9 Å². The highest BCUT2D eigenvalue weighted by atomic mass is 16.5. The lowest BCUT2D eigenvalue weighted by molar-refractivity contribution is -0.124. The lowest BCUT2D eigenvalue weighted by Gasteiger charge is -2.26. The summed E-state index contributed by atoms with van der Waals surface area (Å²) in [7, 11) is 0. The summed E-state index contributed by atoms with van der Waals surface area (Å²) in [6.45, 7) is 17.4. The van der Waals surface area contributed by atoms with Gasteiger partial charge in [0.05, 0.1) is 39.6 Å². The van der Waals surface area contributed by atoms with Crippen LogP contribution in [0.2, 0.25) is 0 Å². The fourth-order valence-electron chi connectivity index (χ4n) is 2.28. The van der Waals surface area contributed by atoms with Crippen LogP contribution >= 0.6 is 0 Å². The van der Waals surface area contributed by atoms with Crippen LogP contribution in [-0.2, 0) is 19.0 Å². The predicted molar refractivity (Wildman–Crippen MR) is 108 cm³/mol. The summed E-state index contributed by atoms with van der Waals surface area (Å²) in [6.07, 6.45) is 0.859. The van der Waals surface area contributed by atoms with Gasteiger partial charge in [0.25, 0.3) is 0 Å². The number of nitrogens with one attached hydrogen (secondary N) is 2. The Morgan fingerprint density at radius 2 is 1.58 bits per heavy atom. The van der Waals surface area contributed by atoms with E-state index in [0.29, 0.717) is 39.6 Å². The summed E-state index contributed by atoms with van der Waals surface area (Å²) in [4.78, 5) is 13.9. The fraction of sp³-hybridized carbons (Fsp3) is 0.947. The first-order chi connectivity index (χ1) is 12.7. The normalized spacial score (nSPS) is 15.8. The van der Waals surface area contributed by atoms with Gasteiger partial charge in [0.15, 0.2) is 0 Å². The van der Waals surface area contributed by atoms with E-state index in [1.807, 2.05) is 27.7 Å². The number of hydrogen-bond donors (Lipinski definition) is 2. The second-order valence-electron chi connectivity index (χ2n) is 6.03. The number of piperazine rings is 1. The van der Waals surface area contributed by atoms with Crippen molar-refractivity contribution in [2.45, 2.75) is 34.1 Å². The van der Waals surface area contributed by atoms with E-state index in [2.05, 4.69) is 15.5 Å². The fourth-order valence-corrected chi connectivity index (χ4v) is 2.28. The average molecular weight is 378 g/mol. The van der Waals surface area contributed by atoms with E-state index in [1.165, 1.54) is 0 Å². The van der Waals surface area contributed by atoms with Crippen molar-refractivity contribution in [1.29, 1.82) is 0 Å². The van der Waals surface area contributed by atoms with Crippen LogP contribution in [0.25, 0.3) is 0 Å². The third-order valence-corrected chi connectivity index (χ3v) is 4.11. The SMILES string of the molecule is CC.CCC(C)C(=O)NCCOCCOCCOCCN1CCNCC1.[HH]. The smallest absolute Gasteiger partial charge is 0.222 e. The zero-order valence-corrected chi connectivity index (χ0v) is 17.3. The van der Waals surface area contributed by atoms with Crippen molar-refractivity contribution in [3.05, 3.63) is 0 Å². The van der Waals surface area contributed by atoms with E-state index in [1.54, 1.807) is 0 Å². The van der Waals surface area contributed by atoms with E-state index >= 15 is 0 Å². The van der Waals surface area contributed by atoms with Gasteiger partial charge in [-0.2, -0.15) is 0 Å². The Hall–Kier alpha value is -0.730. The van der Waals surface area contributed by atoms with Gasteiger partial charge < -0.3 is 24.8 Å². The number of rotatable bonds is 14. The zero-order chi connectivity index (χ0) is 19.5. The van der Waals surface area contributed by atoms with Crippen LogP contribution in [0.3, 0.4) is 0 Å². The molecule has 1 atom stereocenters. The molecule has 158 valence electrons. The number of nitrogens with zero attached hydrogens (tertiary/aromatic N) is 1. The van der Waals surface area contributed by atoms with Crippen LogP contribution < -0.4 is 10.6 Å². The molecule has 1 amide bonds. The van der Waals surface area contributed by atoms with Gasteiger partial charge in [-0.15, -0.1) is 0 Å². The molecule has 1 aliphatic heterocycles. The molecule has 1 saturated heterocycles. The molecule has 2 N–H and O–H groups in total. The highest BCUT2D eigenvalue weighted by Crippen LogP contribution is 1.98. The van der Waals surface area contributed by atoms with Gasteiger partial charge in [-0.3, -0.25) is 9.69 Å². The Morgan fingerprint density at radius 1 is 1.04 bits per heavy atom. The molecule has 0 aromatic rings. The number of carbonyl (C=O) groups is 1. The van der Waals surface area contributed by atoms with Gasteiger partial charge in [-0.05, 0) is 6.42 Å². The average Bonchev–Trinajstić information content (AvgIpc) is 2.70. The summed E-state index contributed by atoms with van der Waals surface area (Å²) < 4.78 is 16.4. The standard InChI is InChI=1S/C17H35N3O4.C2H6.H2/c1-3-16(2)17(21)19-6-10-22-12-14-24-15-13-23-11-9-20-7-4-18-5-8-20;1-2;/h16,18H,3-15H2,1-2H3,(H,19,21);1-2H3;1H. The number of hydrogen-bond acceptors (Lipinski definition) is 6. The van der Waals surface area contributed by atoms with Gasteiger partial charge in [0.2, 0.25) is 5.91 Å². The second kappa shape index (κ2) is 19.0. The Labute approximate surface area is 161 Å². The number of ether oxygens (including phenoxy) is 3. The number of amides is 1. The van der Waals surface area contributed by atoms with Gasteiger partial charge >= 0.3 is 0 Å². The van der Waals surface area contributed by atoms with Crippen molar-refractivity contribution in [2.24, 2.45) is 5.92 Å². The molecular weight excluding hydrogens is 334 g/mol. The minimum atomic E-state index is 0. The van der Waals surface area contributed by atoms with Gasteiger partial charge in [-0.25, -0.2) is 0 Å². The van der Waals surface area contributed by atoms with Crippen LogP contribution in [0.15, 0.2) is 0 Å². The van der Waals surface area contributed by atoms with Gasteiger partial charge in [-0.1, -0.05) is 27.7 Å². The summed E-state index contributed by atoms with van der Waals surface area (Å²) in [5, 5.41) is 6.19. The first-order valence-corrected chi connectivity index (χ1v) is 10.2. The van der Waals surface area contributed by atoms with E-state index in [4.69, 9.17) is 14.2 Å². The van der Waals surface area contributed by atoms with E-state index in [0.717, 1.165) is 45.8 Å². The van der Waals surface area contributed by atoms with Crippen molar-refractivity contribution >= 4 is 5.91 Å². The third kappa shape index (κ3) is 14.4. The summed E-state index contributed by atoms with van der Waals surface area (Å²) >= 11 is 0. The minimum Gasteiger partial charge on any atom is -0.378 e. The van der Waals surface area contributed by atoms with Crippen LogP contribution in [-0.4, -0.2) is 89.7 Å². The highest BCUT2D eigenvalue weighted by molar-refractivity contribution is 5.78. The largest absolute Gasteiger partial charge is 0.378 e. The molecule has 0 radical (unpaired) electrons. The Bertz CT molecular complexity index is 319. The maximum Gasteiger partial charge on any atom is 0.222 e. The minimum absolute atomic E-state index is 0. The monoisotopic (exact) mass is 377 g/mol. The van der Waals surface area contributed by atoms with Crippen LogP contribution in [0, 0.1) is 5.92 Å². The molecule has 1 fully saturated rings.